The molecule has 0 amide bonds. The molecule has 2 nitrogen and oxygen atoms in total. The van der Waals surface area contributed by atoms with Gasteiger partial charge in [-0.05, 0) is 37.1 Å². The molecule has 1 aromatic rings. The fraction of sp³-hybridized carbons (Fsp3) is 0.462. The summed E-state index contributed by atoms with van der Waals surface area (Å²) >= 11 is 5.38. The van der Waals surface area contributed by atoms with E-state index in [1.807, 2.05) is 11.8 Å². The van der Waals surface area contributed by atoms with Crippen LogP contribution < -0.4 is 5.32 Å². The number of aliphatic imine (C=N–C) groups is 1. The van der Waals surface area contributed by atoms with Crippen molar-refractivity contribution < 1.29 is 0 Å². The van der Waals surface area contributed by atoms with Gasteiger partial charge < -0.3 is 5.32 Å². The van der Waals surface area contributed by atoms with E-state index in [0.29, 0.717) is 5.25 Å². The van der Waals surface area contributed by atoms with Crippen molar-refractivity contribution in [3.63, 3.8) is 0 Å². The van der Waals surface area contributed by atoms with Gasteiger partial charge in [0.1, 0.15) is 0 Å². The predicted octanol–water partition coefficient (Wildman–Crippen LogP) is 4.44. The maximum absolute atomic E-state index is 4.54. The second kappa shape index (κ2) is 5.91. The molecule has 0 saturated heterocycles. The van der Waals surface area contributed by atoms with Crippen molar-refractivity contribution in [3.05, 3.63) is 28.2 Å². The molecule has 1 N–H and O–H groups in total. The van der Waals surface area contributed by atoms with Crippen LogP contribution in [0.3, 0.4) is 0 Å². The van der Waals surface area contributed by atoms with Crippen molar-refractivity contribution >= 4 is 38.5 Å². The van der Waals surface area contributed by atoms with Crippen molar-refractivity contribution in [3.8, 4) is 0 Å². The van der Waals surface area contributed by atoms with Gasteiger partial charge in [-0.1, -0.05) is 41.0 Å². The molecule has 2 rings (SSSR count). The summed E-state index contributed by atoms with van der Waals surface area (Å²) in [6.07, 6.45) is 2.48. The van der Waals surface area contributed by atoms with E-state index in [4.69, 9.17) is 0 Å². The minimum Gasteiger partial charge on any atom is -0.335 e. The van der Waals surface area contributed by atoms with Crippen LogP contribution in [0.15, 0.2) is 27.7 Å². The van der Waals surface area contributed by atoms with Gasteiger partial charge in [-0.15, -0.1) is 0 Å². The molecular weight excluding hydrogens is 296 g/mol. The molecule has 1 unspecified atom stereocenters. The molecule has 0 bridgehead atoms. The van der Waals surface area contributed by atoms with E-state index < -0.39 is 0 Å². The SMILES string of the molecule is CCCC1CN=C(Nc2cc(C)cc(Br)c2)S1. The number of rotatable bonds is 3. The lowest BCUT2D eigenvalue weighted by Crippen LogP contribution is -2.07. The minimum absolute atomic E-state index is 0.663. The van der Waals surface area contributed by atoms with Gasteiger partial charge in [0, 0.05) is 15.4 Å². The zero-order valence-corrected chi connectivity index (χ0v) is 12.6. The van der Waals surface area contributed by atoms with Crippen LogP contribution in [0, 0.1) is 6.92 Å². The number of amidine groups is 1. The molecule has 17 heavy (non-hydrogen) atoms. The van der Waals surface area contributed by atoms with Crippen molar-refractivity contribution in [2.45, 2.75) is 31.9 Å². The number of aryl methyl sites for hydroxylation is 1. The van der Waals surface area contributed by atoms with E-state index in [-0.39, 0.29) is 0 Å². The summed E-state index contributed by atoms with van der Waals surface area (Å²) in [5.74, 6) is 0. The Bertz CT molecular complexity index is 411. The Morgan fingerprint density at radius 1 is 1.47 bits per heavy atom. The summed E-state index contributed by atoms with van der Waals surface area (Å²) in [6, 6.07) is 6.33. The largest absolute Gasteiger partial charge is 0.335 e. The molecule has 1 atom stereocenters. The summed E-state index contributed by atoms with van der Waals surface area (Å²) in [5.41, 5.74) is 2.36. The molecule has 0 aliphatic carbocycles. The summed E-state index contributed by atoms with van der Waals surface area (Å²) in [5, 5.41) is 5.11. The third kappa shape index (κ3) is 3.75. The highest BCUT2D eigenvalue weighted by Crippen LogP contribution is 2.27. The summed E-state index contributed by atoms with van der Waals surface area (Å²) in [6.45, 7) is 5.27. The molecule has 92 valence electrons. The van der Waals surface area contributed by atoms with Gasteiger partial charge in [-0.3, -0.25) is 4.99 Å². The van der Waals surface area contributed by atoms with Crippen molar-refractivity contribution in [1.82, 2.24) is 0 Å². The Hall–Kier alpha value is -0.480. The Morgan fingerprint density at radius 2 is 2.29 bits per heavy atom. The first-order valence-corrected chi connectivity index (χ1v) is 7.60. The van der Waals surface area contributed by atoms with E-state index in [2.05, 4.69) is 58.3 Å². The van der Waals surface area contributed by atoms with Gasteiger partial charge in [-0.2, -0.15) is 0 Å². The van der Waals surface area contributed by atoms with Gasteiger partial charge in [0.2, 0.25) is 0 Å². The third-order valence-electron chi connectivity index (χ3n) is 2.62. The first kappa shape index (κ1) is 13.0. The number of halogens is 1. The Kier molecular flexibility index (Phi) is 4.51. The minimum atomic E-state index is 0.663. The number of thioether (sulfide) groups is 1. The van der Waals surface area contributed by atoms with Gasteiger partial charge >= 0.3 is 0 Å². The number of nitrogens with one attached hydrogen (secondary N) is 1. The highest BCUT2D eigenvalue weighted by Gasteiger charge is 2.18. The zero-order chi connectivity index (χ0) is 12.3. The Labute approximate surface area is 115 Å². The summed E-state index contributed by atoms with van der Waals surface area (Å²) in [4.78, 5) is 4.54. The average molecular weight is 313 g/mol. The van der Waals surface area contributed by atoms with Gasteiger partial charge in [0.25, 0.3) is 0 Å². The molecule has 0 spiro atoms. The number of hydrogen-bond donors (Lipinski definition) is 1. The monoisotopic (exact) mass is 312 g/mol. The smallest absolute Gasteiger partial charge is 0.161 e. The molecule has 1 aromatic carbocycles. The molecule has 0 fully saturated rings. The first-order valence-electron chi connectivity index (χ1n) is 5.92. The van der Waals surface area contributed by atoms with E-state index >= 15 is 0 Å². The van der Waals surface area contributed by atoms with Gasteiger partial charge in [-0.25, -0.2) is 0 Å². The molecule has 1 aliphatic heterocycles. The van der Waals surface area contributed by atoms with Gasteiger partial charge in [0.15, 0.2) is 5.17 Å². The molecular formula is C13H17BrN2S. The van der Waals surface area contributed by atoms with E-state index in [1.54, 1.807) is 0 Å². The van der Waals surface area contributed by atoms with Gasteiger partial charge in [0.05, 0.1) is 6.54 Å². The molecule has 0 radical (unpaired) electrons. The molecule has 4 heteroatoms. The second-order valence-corrected chi connectivity index (χ2v) is 6.52. The normalized spacial score (nSPS) is 19.2. The number of anilines is 1. The topological polar surface area (TPSA) is 24.4 Å². The number of hydrogen-bond acceptors (Lipinski definition) is 3. The number of nitrogens with zero attached hydrogens (tertiary/aromatic N) is 1. The van der Waals surface area contributed by atoms with Crippen LogP contribution >= 0.6 is 27.7 Å². The molecule has 1 heterocycles. The molecule has 0 aromatic heterocycles. The second-order valence-electron chi connectivity index (χ2n) is 4.32. The maximum atomic E-state index is 4.54. The average Bonchev–Trinajstić information content (AvgIpc) is 2.64. The maximum Gasteiger partial charge on any atom is 0.161 e. The lowest BCUT2D eigenvalue weighted by molar-refractivity contribution is 0.754. The molecule has 1 aliphatic rings. The Morgan fingerprint density at radius 3 is 3.00 bits per heavy atom. The van der Waals surface area contributed by atoms with E-state index in [0.717, 1.165) is 21.9 Å². The van der Waals surface area contributed by atoms with Crippen LogP contribution in [-0.4, -0.2) is 17.0 Å². The fourth-order valence-corrected chi connectivity index (χ4v) is 3.64. The third-order valence-corrected chi connectivity index (χ3v) is 4.25. The highest BCUT2D eigenvalue weighted by molar-refractivity contribution is 9.10. The first-order chi connectivity index (χ1) is 8.17. The lowest BCUT2D eigenvalue weighted by Gasteiger charge is -2.09. The van der Waals surface area contributed by atoms with E-state index in [9.17, 15) is 0 Å². The molecule has 0 saturated carbocycles. The Balaban J connectivity index is 1.98. The van der Waals surface area contributed by atoms with Crippen LogP contribution in [0.2, 0.25) is 0 Å². The van der Waals surface area contributed by atoms with Crippen LogP contribution in [0.5, 0.6) is 0 Å². The van der Waals surface area contributed by atoms with Crippen molar-refractivity contribution in [2.75, 3.05) is 11.9 Å². The predicted molar refractivity (Wildman–Crippen MR) is 81.1 cm³/mol. The van der Waals surface area contributed by atoms with Crippen LogP contribution in [0.4, 0.5) is 5.69 Å². The highest BCUT2D eigenvalue weighted by atomic mass is 79.9. The van der Waals surface area contributed by atoms with Crippen LogP contribution in [0.1, 0.15) is 25.3 Å². The zero-order valence-electron chi connectivity index (χ0n) is 10.2. The quantitative estimate of drug-likeness (QED) is 0.892. The standard InChI is InChI=1S/C13H17BrN2S/c1-3-4-12-8-15-13(17-12)16-11-6-9(2)5-10(14)7-11/h5-7,12H,3-4,8H2,1-2H3,(H,15,16). The van der Waals surface area contributed by atoms with Crippen LogP contribution in [-0.2, 0) is 0 Å². The van der Waals surface area contributed by atoms with E-state index in [1.165, 1.54) is 18.4 Å². The number of benzene rings is 1. The fourth-order valence-electron chi connectivity index (χ4n) is 1.89. The van der Waals surface area contributed by atoms with Crippen LogP contribution in [0.25, 0.3) is 0 Å². The summed E-state index contributed by atoms with van der Waals surface area (Å²) < 4.78 is 1.11. The lowest BCUT2D eigenvalue weighted by atomic mass is 10.2. The summed E-state index contributed by atoms with van der Waals surface area (Å²) in [7, 11) is 0. The van der Waals surface area contributed by atoms with Crippen molar-refractivity contribution in [2.24, 2.45) is 4.99 Å². The van der Waals surface area contributed by atoms with Crippen molar-refractivity contribution in [1.29, 1.82) is 0 Å².